The minimum atomic E-state index is -0.743. The van der Waals surface area contributed by atoms with Gasteiger partial charge in [0.05, 0.1) is 42.2 Å². The summed E-state index contributed by atoms with van der Waals surface area (Å²) < 4.78 is 24.8. The molecule has 2 aliphatic rings. The van der Waals surface area contributed by atoms with Crippen molar-refractivity contribution in [3.8, 4) is 11.5 Å². The van der Waals surface area contributed by atoms with Crippen molar-refractivity contribution in [1.82, 2.24) is 4.57 Å². The molecular formula is C29H33N3O6S. The Morgan fingerprint density at radius 2 is 1.92 bits per heavy atom. The van der Waals surface area contributed by atoms with Gasteiger partial charge >= 0.3 is 5.97 Å². The molecule has 9 nitrogen and oxygen atoms in total. The van der Waals surface area contributed by atoms with Crippen LogP contribution in [0.3, 0.4) is 0 Å². The molecule has 0 saturated carbocycles. The molecule has 1 fully saturated rings. The van der Waals surface area contributed by atoms with Crippen molar-refractivity contribution in [2.24, 2.45) is 4.99 Å². The second-order valence-electron chi connectivity index (χ2n) is 9.37. The Kier molecular flexibility index (Phi) is 7.92. The highest BCUT2D eigenvalue weighted by atomic mass is 32.1. The van der Waals surface area contributed by atoms with Crippen LogP contribution in [-0.2, 0) is 9.53 Å². The molecule has 3 aromatic rings. The summed E-state index contributed by atoms with van der Waals surface area (Å²) in [6.45, 7) is 7.98. The molecule has 0 unspecified atom stereocenters. The lowest BCUT2D eigenvalue weighted by atomic mass is 9.95. The number of nitrogens with zero attached hydrogens (tertiary/aromatic N) is 3. The predicted octanol–water partition coefficient (Wildman–Crippen LogP) is 3.79. The normalized spacial score (nSPS) is 17.6. The number of hydrogen-bond donors (Lipinski definition) is 0. The van der Waals surface area contributed by atoms with Gasteiger partial charge in [-0.1, -0.05) is 17.4 Å². The van der Waals surface area contributed by atoms with Crippen LogP contribution in [0.2, 0.25) is 0 Å². The van der Waals surface area contributed by atoms with Gasteiger partial charge in [0.25, 0.3) is 5.56 Å². The predicted molar refractivity (Wildman–Crippen MR) is 149 cm³/mol. The summed E-state index contributed by atoms with van der Waals surface area (Å²) >= 11 is 1.27. The average molecular weight is 552 g/mol. The van der Waals surface area contributed by atoms with E-state index in [2.05, 4.69) is 9.89 Å². The molecule has 0 spiro atoms. The zero-order valence-corrected chi connectivity index (χ0v) is 23.5. The number of methoxy groups -OCH3 is 1. The highest BCUT2D eigenvalue weighted by Crippen LogP contribution is 2.36. The molecule has 39 heavy (non-hydrogen) atoms. The summed E-state index contributed by atoms with van der Waals surface area (Å²) in [7, 11) is 1.57. The number of esters is 1. The quantitative estimate of drug-likeness (QED) is 0.393. The summed E-state index contributed by atoms with van der Waals surface area (Å²) in [6.07, 6.45) is 5.28. The van der Waals surface area contributed by atoms with Gasteiger partial charge in [0.2, 0.25) is 0 Å². The number of anilines is 1. The molecule has 2 aromatic heterocycles. The number of benzene rings is 1. The van der Waals surface area contributed by atoms with Gasteiger partial charge in [-0.3, -0.25) is 9.36 Å². The van der Waals surface area contributed by atoms with Gasteiger partial charge in [-0.15, -0.1) is 0 Å². The monoisotopic (exact) mass is 551 g/mol. The molecule has 0 bridgehead atoms. The molecule has 0 radical (unpaired) electrons. The fraction of sp³-hybridized carbons (Fsp3) is 0.414. The number of ether oxygens (including phenoxy) is 3. The van der Waals surface area contributed by atoms with Gasteiger partial charge in [0.1, 0.15) is 5.76 Å². The van der Waals surface area contributed by atoms with Crippen molar-refractivity contribution in [2.75, 3.05) is 38.3 Å². The molecule has 10 heteroatoms. The highest BCUT2D eigenvalue weighted by molar-refractivity contribution is 7.07. The maximum Gasteiger partial charge on any atom is 0.338 e. The summed E-state index contributed by atoms with van der Waals surface area (Å²) in [6, 6.07) is 8.50. The maximum atomic E-state index is 13.9. The van der Waals surface area contributed by atoms with Gasteiger partial charge in [0.15, 0.2) is 22.2 Å². The number of fused-ring (bicyclic) bond motifs is 1. The van der Waals surface area contributed by atoms with E-state index in [0.29, 0.717) is 50.0 Å². The third-order valence-electron chi connectivity index (χ3n) is 6.87. The minimum absolute atomic E-state index is 0.206. The van der Waals surface area contributed by atoms with Crippen molar-refractivity contribution < 1.29 is 23.4 Å². The first-order valence-corrected chi connectivity index (χ1v) is 14.1. The zero-order chi connectivity index (χ0) is 27.5. The Labute approximate surface area is 230 Å². The number of rotatable bonds is 8. The Bertz CT molecular complexity index is 1570. The van der Waals surface area contributed by atoms with E-state index in [1.807, 2.05) is 25.1 Å². The molecule has 5 rings (SSSR count). The van der Waals surface area contributed by atoms with Gasteiger partial charge in [-0.05, 0) is 63.8 Å². The van der Waals surface area contributed by atoms with Crippen LogP contribution < -0.4 is 29.3 Å². The van der Waals surface area contributed by atoms with Crippen LogP contribution in [0.25, 0.3) is 6.08 Å². The van der Waals surface area contributed by atoms with Crippen LogP contribution in [0.5, 0.6) is 11.5 Å². The largest absolute Gasteiger partial charge is 0.493 e. The molecule has 0 N–H and O–H groups in total. The van der Waals surface area contributed by atoms with Crippen LogP contribution in [-0.4, -0.2) is 43.9 Å². The maximum absolute atomic E-state index is 13.9. The van der Waals surface area contributed by atoms with E-state index in [4.69, 9.17) is 18.6 Å². The number of allylic oxidation sites excluding steroid dienone is 1. The van der Waals surface area contributed by atoms with Crippen molar-refractivity contribution in [3.63, 3.8) is 0 Å². The zero-order valence-electron chi connectivity index (χ0n) is 22.7. The highest BCUT2D eigenvalue weighted by Gasteiger charge is 2.34. The van der Waals surface area contributed by atoms with Crippen LogP contribution in [0.1, 0.15) is 57.4 Å². The summed E-state index contributed by atoms with van der Waals surface area (Å²) in [5, 5.41) is 0. The van der Waals surface area contributed by atoms with Gasteiger partial charge in [0, 0.05) is 25.2 Å². The number of carbonyl (C=O) groups is 1. The molecule has 4 heterocycles. The lowest BCUT2D eigenvalue weighted by Gasteiger charge is -2.25. The number of carbonyl (C=O) groups excluding carboxylic acids is 1. The molecular weight excluding hydrogens is 518 g/mol. The van der Waals surface area contributed by atoms with Crippen molar-refractivity contribution >= 4 is 29.3 Å². The van der Waals surface area contributed by atoms with E-state index in [9.17, 15) is 9.59 Å². The molecule has 0 amide bonds. The Morgan fingerprint density at radius 1 is 1.13 bits per heavy atom. The first kappa shape index (κ1) is 26.8. The topological polar surface area (TPSA) is 95.5 Å². The first-order chi connectivity index (χ1) is 18.9. The molecule has 2 aliphatic heterocycles. The smallest absolute Gasteiger partial charge is 0.338 e. The Morgan fingerprint density at radius 3 is 2.64 bits per heavy atom. The number of thiazole rings is 1. The molecule has 1 aromatic carbocycles. The van der Waals surface area contributed by atoms with Gasteiger partial charge < -0.3 is 23.5 Å². The third kappa shape index (κ3) is 5.25. The van der Waals surface area contributed by atoms with Gasteiger partial charge in [-0.25, -0.2) is 9.79 Å². The summed E-state index contributed by atoms with van der Waals surface area (Å²) in [5.74, 6) is 1.99. The molecule has 0 aliphatic carbocycles. The second-order valence-corrected chi connectivity index (χ2v) is 10.4. The van der Waals surface area contributed by atoms with E-state index in [1.54, 1.807) is 43.7 Å². The van der Waals surface area contributed by atoms with Crippen LogP contribution in [0, 0.1) is 0 Å². The Hall–Kier alpha value is -3.79. The lowest BCUT2D eigenvalue weighted by molar-refractivity contribution is -0.139. The van der Waals surface area contributed by atoms with Crippen molar-refractivity contribution in [1.29, 1.82) is 0 Å². The van der Waals surface area contributed by atoms with E-state index in [1.165, 1.54) is 17.8 Å². The summed E-state index contributed by atoms with van der Waals surface area (Å²) in [4.78, 5) is 34.4. The molecule has 206 valence electrons. The SMILES string of the molecule is CCOC(=O)C1=C(C)N=c2sc(=Cc3ccc(N4CCCCC4)o3)c(=O)n2[C@H]1c1ccc(OC)c(OCC)c1. The standard InChI is InChI=1S/C29H33N3O6S/c1-5-36-22-16-19(10-12-21(22)35-4)26-25(28(34)37-6-2)18(3)30-29-32(26)27(33)23(39-29)17-20-11-13-24(38-20)31-14-8-7-9-15-31/h10-13,16-17,26H,5-9,14-15H2,1-4H3/t26-/m0/s1. The van der Waals surface area contributed by atoms with E-state index >= 15 is 0 Å². The number of furan rings is 1. The second kappa shape index (κ2) is 11.5. The fourth-order valence-electron chi connectivity index (χ4n) is 5.07. The van der Waals surface area contributed by atoms with E-state index in [-0.39, 0.29) is 12.2 Å². The first-order valence-electron chi connectivity index (χ1n) is 13.3. The fourth-order valence-corrected chi connectivity index (χ4v) is 6.10. The minimum Gasteiger partial charge on any atom is -0.493 e. The van der Waals surface area contributed by atoms with Crippen LogP contribution in [0.4, 0.5) is 5.88 Å². The van der Waals surface area contributed by atoms with Crippen LogP contribution >= 0.6 is 11.3 Å². The molecule has 1 saturated heterocycles. The lowest BCUT2D eigenvalue weighted by Crippen LogP contribution is -2.40. The summed E-state index contributed by atoms with van der Waals surface area (Å²) in [5.41, 5.74) is 1.25. The molecule has 1 atom stereocenters. The third-order valence-corrected chi connectivity index (χ3v) is 7.86. The number of piperidine rings is 1. The average Bonchev–Trinajstić information content (AvgIpc) is 3.53. The van der Waals surface area contributed by atoms with Crippen molar-refractivity contribution in [2.45, 2.75) is 46.1 Å². The van der Waals surface area contributed by atoms with Crippen LogP contribution in [0.15, 0.2) is 55.8 Å². The van der Waals surface area contributed by atoms with Gasteiger partial charge in [-0.2, -0.15) is 0 Å². The number of hydrogen-bond acceptors (Lipinski definition) is 9. The number of aromatic nitrogens is 1. The van der Waals surface area contributed by atoms with E-state index < -0.39 is 12.0 Å². The Balaban J connectivity index is 1.63. The van der Waals surface area contributed by atoms with E-state index in [0.717, 1.165) is 31.8 Å². The van der Waals surface area contributed by atoms with Crippen molar-refractivity contribution in [3.05, 3.63) is 72.6 Å².